The van der Waals surface area contributed by atoms with Gasteiger partial charge in [-0.05, 0) is 44.2 Å². The van der Waals surface area contributed by atoms with Crippen molar-refractivity contribution in [2.24, 2.45) is 11.8 Å². The summed E-state index contributed by atoms with van der Waals surface area (Å²) < 4.78 is 3.84. The minimum absolute atomic E-state index is 0.0746. The lowest BCUT2D eigenvalue weighted by Gasteiger charge is -2.40. The number of aryl methyl sites for hydroxylation is 1. The smallest absolute Gasteiger partial charge is 0.329 e. The van der Waals surface area contributed by atoms with E-state index in [4.69, 9.17) is 0 Å². The minimum Gasteiger partial charge on any atom is -0.396 e. The van der Waals surface area contributed by atoms with Crippen LogP contribution >= 0.6 is 0 Å². The summed E-state index contributed by atoms with van der Waals surface area (Å²) in [5.41, 5.74) is 2.09. The van der Waals surface area contributed by atoms with Crippen molar-refractivity contribution in [3.8, 4) is 0 Å². The van der Waals surface area contributed by atoms with Crippen LogP contribution in [0.15, 0.2) is 29.1 Å². The maximum atomic E-state index is 13.2. The van der Waals surface area contributed by atoms with Crippen molar-refractivity contribution in [1.29, 1.82) is 0 Å². The van der Waals surface area contributed by atoms with Crippen molar-refractivity contribution in [3.63, 3.8) is 0 Å². The highest BCUT2D eigenvalue weighted by Crippen LogP contribution is 2.32. The first-order chi connectivity index (χ1) is 14.2. The fraction of sp³-hybridized carbons (Fsp3) is 0.708. The molecule has 0 spiro atoms. The zero-order valence-electron chi connectivity index (χ0n) is 17.9. The number of benzene rings is 1. The molecule has 2 heterocycles. The molecule has 0 bridgehead atoms. The van der Waals surface area contributed by atoms with Gasteiger partial charge in [0.2, 0.25) is 0 Å². The number of nitrogens with zero attached hydrogens (tertiary/aromatic N) is 3. The Morgan fingerprint density at radius 1 is 1.00 bits per heavy atom. The Morgan fingerprint density at radius 2 is 1.69 bits per heavy atom. The predicted octanol–water partition coefficient (Wildman–Crippen LogP) is 4.04. The monoisotopic (exact) mass is 399 g/mol. The number of likely N-dealkylation sites (tertiary alicyclic amines) is 1. The highest BCUT2D eigenvalue weighted by molar-refractivity contribution is 5.76. The normalized spacial score (nSPS) is 25.2. The van der Waals surface area contributed by atoms with Crippen molar-refractivity contribution in [3.05, 3.63) is 34.7 Å². The molecule has 1 aromatic carbocycles. The van der Waals surface area contributed by atoms with Gasteiger partial charge in [0.05, 0.1) is 11.0 Å². The van der Waals surface area contributed by atoms with E-state index >= 15 is 0 Å². The number of piperidine rings is 1. The average Bonchev–Trinajstić information content (AvgIpc) is 3.00. The highest BCUT2D eigenvalue weighted by atomic mass is 16.3. The molecule has 1 saturated carbocycles. The minimum atomic E-state index is 0.0746. The van der Waals surface area contributed by atoms with E-state index in [-0.39, 0.29) is 24.3 Å². The van der Waals surface area contributed by atoms with Crippen LogP contribution in [0.25, 0.3) is 11.0 Å². The van der Waals surface area contributed by atoms with Gasteiger partial charge in [0.25, 0.3) is 0 Å². The molecule has 1 aliphatic heterocycles. The number of para-hydroxylation sites is 2. The molecule has 29 heavy (non-hydrogen) atoms. The fourth-order valence-corrected chi connectivity index (χ4v) is 5.73. The van der Waals surface area contributed by atoms with Gasteiger partial charge in [0.1, 0.15) is 0 Å². The van der Waals surface area contributed by atoms with Crippen molar-refractivity contribution in [1.82, 2.24) is 14.0 Å². The highest BCUT2D eigenvalue weighted by Gasteiger charge is 2.33. The standard InChI is InChI=1S/C24H37N3O2/c1-2-26-22-12-8-9-13-23(22)27(24(26)29)21-14-15-25(17-20(21)18-28)16-19-10-6-4-3-5-7-11-19/h8-9,12-13,19-21,28H,2-7,10-11,14-18H2,1H3/t20-,21?/m0/s1. The van der Waals surface area contributed by atoms with E-state index in [0.717, 1.165) is 43.0 Å². The van der Waals surface area contributed by atoms with Crippen LogP contribution in [-0.4, -0.2) is 45.4 Å². The third-order valence-electron chi connectivity index (χ3n) is 7.27. The molecule has 2 aliphatic rings. The Bertz CT molecular complexity index is 847. The molecule has 0 amide bonds. The van der Waals surface area contributed by atoms with Crippen LogP contribution in [0, 0.1) is 11.8 Å². The van der Waals surface area contributed by atoms with E-state index in [1.165, 1.54) is 44.9 Å². The van der Waals surface area contributed by atoms with Crippen LogP contribution in [0.4, 0.5) is 0 Å². The van der Waals surface area contributed by atoms with Crippen LogP contribution in [-0.2, 0) is 6.54 Å². The lowest BCUT2D eigenvalue weighted by Crippen LogP contribution is -2.46. The number of hydrogen-bond donors (Lipinski definition) is 1. The summed E-state index contributed by atoms with van der Waals surface area (Å²) in [5, 5.41) is 10.2. The van der Waals surface area contributed by atoms with Crippen LogP contribution in [0.3, 0.4) is 0 Å². The first-order valence-corrected chi connectivity index (χ1v) is 11.8. The quantitative estimate of drug-likeness (QED) is 0.826. The summed E-state index contributed by atoms with van der Waals surface area (Å²) in [7, 11) is 0. The summed E-state index contributed by atoms with van der Waals surface area (Å²) in [6, 6.07) is 8.18. The van der Waals surface area contributed by atoms with Crippen molar-refractivity contribution >= 4 is 11.0 Å². The predicted molar refractivity (Wildman–Crippen MR) is 118 cm³/mol. The number of hydrogen-bond acceptors (Lipinski definition) is 3. The first-order valence-electron chi connectivity index (χ1n) is 11.8. The molecular formula is C24H37N3O2. The average molecular weight is 400 g/mol. The number of fused-ring (bicyclic) bond motifs is 1. The molecule has 1 aliphatic carbocycles. The second-order valence-corrected chi connectivity index (χ2v) is 9.15. The van der Waals surface area contributed by atoms with Crippen LogP contribution in [0.2, 0.25) is 0 Å². The number of aliphatic hydroxyl groups excluding tert-OH is 1. The molecule has 2 atom stereocenters. The van der Waals surface area contributed by atoms with E-state index < -0.39 is 0 Å². The summed E-state index contributed by atoms with van der Waals surface area (Å²) in [4.78, 5) is 15.7. The molecule has 2 fully saturated rings. The van der Waals surface area contributed by atoms with Gasteiger partial charge in [-0.15, -0.1) is 0 Å². The molecule has 5 heteroatoms. The summed E-state index contributed by atoms with van der Waals surface area (Å²) in [6.45, 7) is 5.93. The zero-order chi connectivity index (χ0) is 20.2. The Kier molecular flexibility index (Phi) is 6.76. The Morgan fingerprint density at radius 3 is 2.38 bits per heavy atom. The number of aromatic nitrogens is 2. The number of aliphatic hydroxyl groups is 1. The first kappa shape index (κ1) is 20.7. The van der Waals surface area contributed by atoms with Gasteiger partial charge in [-0.1, -0.05) is 44.2 Å². The van der Waals surface area contributed by atoms with Crippen molar-refractivity contribution < 1.29 is 5.11 Å². The lowest BCUT2D eigenvalue weighted by molar-refractivity contribution is 0.0647. The maximum absolute atomic E-state index is 13.2. The van der Waals surface area contributed by atoms with E-state index in [1.54, 1.807) is 0 Å². The molecule has 4 rings (SSSR count). The number of rotatable bonds is 5. The van der Waals surface area contributed by atoms with E-state index in [0.29, 0.717) is 6.54 Å². The van der Waals surface area contributed by atoms with Gasteiger partial charge >= 0.3 is 5.69 Å². The molecular weight excluding hydrogens is 362 g/mol. The van der Waals surface area contributed by atoms with E-state index in [2.05, 4.69) is 11.0 Å². The van der Waals surface area contributed by atoms with Crippen LogP contribution < -0.4 is 5.69 Å². The van der Waals surface area contributed by atoms with E-state index in [9.17, 15) is 9.90 Å². The van der Waals surface area contributed by atoms with Gasteiger partial charge in [0, 0.05) is 44.7 Å². The zero-order valence-corrected chi connectivity index (χ0v) is 17.9. The molecule has 1 aromatic heterocycles. The molecule has 1 unspecified atom stereocenters. The molecule has 1 saturated heterocycles. The van der Waals surface area contributed by atoms with Gasteiger partial charge < -0.3 is 10.0 Å². The van der Waals surface area contributed by atoms with Crippen LogP contribution in [0.1, 0.15) is 64.3 Å². The summed E-state index contributed by atoms with van der Waals surface area (Å²) >= 11 is 0. The Balaban J connectivity index is 1.52. The molecule has 5 nitrogen and oxygen atoms in total. The third-order valence-corrected chi connectivity index (χ3v) is 7.27. The topological polar surface area (TPSA) is 50.4 Å². The summed E-state index contributed by atoms with van der Waals surface area (Å²) in [6.07, 6.45) is 10.6. The van der Waals surface area contributed by atoms with Crippen LogP contribution in [0.5, 0.6) is 0 Å². The van der Waals surface area contributed by atoms with Crippen molar-refractivity contribution in [2.45, 2.75) is 70.9 Å². The van der Waals surface area contributed by atoms with Crippen molar-refractivity contribution in [2.75, 3.05) is 26.2 Å². The second kappa shape index (κ2) is 9.48. The lowest BCUT2D eigenvalue weighted by atomic mass is 9.88. The third kappa shape index (κ3) is 4.31. The summed E-state index contributed by atoms with van der Waals surface area (Å²) in [5.74, 6) is 0.919. The fourth-order valence-electron chi connectivity index (χ4n) is 5.73. The Hall–Kier alpha value is -1.59. The SMILES string of the molecule is CCn1c(=O)n(C2CCN(CC3CCCCCCC3)C[C@H]2CO)c2ccccc21. The largest absolute Gasteiger partial charge is 0.396 e. The van der Waals surface area contributed by atoms with E-state index in [1.807, 2.05) is 34.3 Å². The maximum Gasteiger partial charge on any atom is 0.329 e. The van der Waals surface area contributed by atoms with Gasteiger partial charge in [-0.3, -0.25) is 9.13 Å². The molecule has 2 aromatic rings. The Labute approximate surface area is 174 Å². The van der Waals surface area contributed by atoms with Gasteiger partial charge in [-0.2, -0.15) is 0 Å². The molecule has 0 radical (unpaired) electrons. The molecule has 1 N–H and O–H groups in total. The molecule has 160 valence electrons. The number of imidazole rings is 1. The van der Waals surface area contributed by atoms with Gasteiger partial charge in [0.15, 0.2) is 0 Å². The second-order valence-electron chi connectivity index (χ2n) is 9.15. The van der Waals surface area contributed by atoms with Gasteiger partial charge in [-0.25, -0.2) is 4.79 Å².